The van der Waals surface area contributed by atoms with Gasteiger partial charge >= 0.3 is 6.09 Å². The molecule has 1 aliphatic heterocycles. The minimum absolute atomic E-state index is 0.0652. The van der Waals surface area contributed by atoms with Crippen LogP contribution >= 0.6 is 0 Å². The Bertz CT molecular complexity index is 918. The number of ether oxygens (including phenoxy) is 1. The van der Waals surface area contributed by atoms with Gasteiger partial charge in [0.05, 0.1) is 6.54 Å². The van der Waals surface area contributed by atoms with Gasteiger partial charge in [-0.3, -0.25) is 4.79 Å². The fraction of sp³-hybridized carbons (Fsp3) is 0.417. The summed E-state index contributed by atoms with van der Waals surface area (Å²) in [6.45, 7) is 9.51. The lowest BCUT2D eigenvalue weighted by Crippen LogP contribution is -2.39. The van der Waals surface area contributed by atoms with Gasteiger partial charge in [0.15, 0.2) is 0 Å². The molecule has 0 atom stereocenters. The molecular formula is C24H31N3O3. The first-order valence-corrected chi connectivity index (χ1v) is 10.4. The summed E-state index contributed by atoms with van der Waals surface area (Å²) >= 11 is 0. The zero-order chi connectivity index (χ0) is 21.7. The Morgan fingerprint density at radius 3 is 2.63 bits per heavy atom. The highest BCUT2D eigenvalue weighted by molar-refractivity contribution is 5.80. The fourth-order valence-electron chi connectivity index (χ4n) is 3.42. The number of nitrogens with zero attached hydrogens (tertiary/aromatic N) is 1. The molecule has 2 aromatic carbocycles. The zero-order valence-corrected chi connectivity index (χ0v) is 18.2. The summed E-state index contributed by atoms with van der Waals surface area (Å²) < 4.78 is 5.49. The van der Waals surface area contributed by atoms with E-state index in [1.807, 2.05) is 58.0 Å². The number of nitrogens with one attached hydrogen (secondary N) is 2. The molecule has 160 valence electrons. The van der Waals surface area contributed by atoms with E-state index in [9.17, 15) is 9.59 Å². The second kappa shape index (κ2) is 9.20. The van der Waals surface area contributed by atoms with E-state index in [1.54, 1.807) is 4.90 Å². The van der Waals surface area contributed by atoms with Gasteiger partial charge in [-0.25, -0.2) is 4.79 Å². The fourth-order valence-corrected chi connectivity index (χ4v) is 3.42. The molecule has 0 fully saturated rings. The summed E-state index contributed by atoms with van der Waals surface area (Å²) in [6, 6.07) is 14.1. The molecule has 6 heteroatoms. The van der Waals surface area contributed by atoms with E-state index in [2.05, 4.69) is 22.8 Å². The summed E-state index contributed by atoms with van der Waals surface area (Å²) in [7, 11) is 0. The number of rotatable bonds is 5. The monoisotopic (exact) mass is 409 g/mol. The summed E-state index contributed by atoms with van der Waals surface area (Å²) in [4.78, 5) is 26.3. The lowest BCUT2D eigenvalue weighted by molar-refractivity contribution is -0.119. The quantitative estimate of drug-likeness (QED) is 0.783. The van der Waals surface area contributed by atoms with Crippen molar-refractivity contribution in [2.24, 2.45) is 0 Å². The third kappa shape index (κ3) is 6.24. The van der Waals surface area contributed by atoms with Crippen LogP contribution in [0, 0.1) is 6.92 Å². The Kier molecular flexibility index (Phi) is 6.65. The smallest absolute Gasteiger partial charge is 0.410 e. The Morgan fingerprint density at radius 2 is 1.90 bits per heavy atom. The van der Waals surface area contributed by atoms with E-state index in [-0.39, 0.29) is 18.5 Å². The first kappa shape index (κ1) is 21.7. The van der Waals surface area contributed by atoms with Crippen molar-refractivity contribution in [1.82, 2.24) is 10.2 Å². The maximum atomic E-state index is 12.4. The van der Waals surface area contributed by atoms with E-state index in [4.69, 9.17) is 4.74 Å². The molecule has 6 nitrogen and oxygen atoms in total. The van der Waals surface area contributed by atoms with Crippen LogP contribution in [0.4, 0.5) is 10.5 Å². The third-order valence-corrected chi connectivity index (χ3v) is 4.90. The molecule has 0 saturated heterocycles. The molecule has 0 unspecified atom stereocenters. The molecule has 3 rings (SSSR count). The van der Waals surface area contributed by atoms with Gasteiger partial charge in [-0.2, -0.15) is 0 Å². The van der Waals surface area contributed by atoms with E-state index in [1.165, 1.54) is 11.1 Å². The molecule has 2 aromatic rings. The molecule has 2 N–H and O–H groups in total. The van der Waals surface area contributed by atoms with Crippen LogP contribution in [-0.2, 0) is 29.0 Å². The second-order valence-corrected chi connectivity index (χ2v) is 8.75. The molecule has 0 spiro atoms. The second-order valence-electron chi connectivity index (χ2n) is 8.75. The van der Waals surface area contributed by atoms with Crippen molar-refractivity contribution in [3.05, 3.63) is 64.7 Å². The number of hydrogen-bond acceptors (Lipinski definition) is 4. The predicted molar refractivity (Wildman–Crippen MR) is 118 cm³/mol. The van der Waals surface area contributed by atoms with Gasteiger partial charge in [0.25, 0.3) is 0 Å². The molecule has 0 bridgehead atoms. The van der Waals surface area contributed by atoms with Crippen LogP contribution in [0.25, 0.3) is 0 Å². The molecule has 1 heterocycles. The number of hydrogen-bond donors (Lipinski definition) is 2. The number of carbonyl (C=O) groups excluding carboxylic acids is 2. The maximum Gasteiger partial charge on any atom is 0.410 e. The SMILES string of the molecule is Cc1cccc(CNC(=O)CNc2ccc3c(c2)CN(C(=O)OC(C)(C)C)CC3)c1. The molecular weight excluding hydrogens is 378 g/mol. The Morgan fingerprint density at radius 1 is 1.10 bits per heavy atom. The van der Waals surface area contributed by atoms with E-state index in [0.717, 1.165) is 23.2 Å². The van der Waals surface area contributed by atoms with Crippen molar-refractivity contribution in [2.75, 3.05) is 18.4 Å². The summed E-state index contributed by atoms with van der Waals surface area (Å²) in [5.41, 5.74) is 4.92. The Labute approximate surface area is 178 Å². The van der Waals surface area contributed by atoms with Crippen LogP contribution in [0.3, 0.4) is 0 Å². The lowest BCUT2D eigenvalue weighted by atomic mass is 9.99. The number of aryl methyl sites for hydroxylation is 1. The number of anilines is 1. The average molecular weight is 410 g/mol. The normalized spacial score (nSPS) is 13.4. The molecule has 1 aliphatic rings. The van der Waals surface area contributed by atoms with Gasteiger partial charge in [-0.05, 0) is 62.9 Å². The molecule has 0 radical (unpaired) electrons. The number of benzene rings is 2. The van der Waals surface area contributed by atoms with Gasteiger partial charge in [0, 0.05) is 25.3 Å². The summed E-state index contributed by atoms with van der Waals surface area (Å²) in [6.07, 6.45) is 0.508. The molecule has 0 saturated carbocycles. The van der Waals surface area contributed by atoms with Crippen molar-refractivity contribution >= 4 is 17.7 Å². The van der Waals surface area contributed by atoms with Gasteiger partial charge in [-0.15, -0.1) is 0 Å². The molecule has 0 aliphatic carbocycles. The van der Waals surface area contributed by atoms with E-state index >= 15 is 0 Å². The van der Waals surface area contributed by atoms with Crippen LogP contribution in [-0.4, -0.2) is 35.6 Å². The van der Waals surface area contributed by atoms with Crippen molar-refractivity contribution < 1.29 is 14.3 Å². The Balaban J connectivity index is 1.53. The third-order valence-electron chi connectivity index (χ3n) is 4.90. The van der Waals surface area contributed by atoms with Gasteiger partial charge < -0.3 is 20.3 Å². The molecule has 0 aromatic heterocycles. The van der Waals surface area contributed by atoms with Gasteiger partial charge in [0.1, 0.15) is 5.60 Å². The first-order valence-electron chi connectivity index (χ1n) is 10.4. The van der Waals surface area contributed by atoms with Crippen LogP contribution < -0.4 is 10.6 Å². The minimum atomic E-state index is -0.507. The largest absolute Gasteiger partial charge is 0.444 e. The van der Waals surface area contributed by atoms with Crippen molar-refractivity contribution in [2.45, 2.75) is 52.8 Å². The standard InChI is InChI=1S/C24H31N3O3/c1-17-6-5-7-18(12-17)14-26-22(28)15-25-21-9-8-19-10-11-27(16-20(19)13-21)23(29)30-24(2,3)4/h5-9,12-13,25H,10-11,14-16H2,1-4H3,(H,26,28). The van der Waals surface area contributed by atoms with Crippen molar-refractivity contribution in [3.8, 4) is 0 Å². The van der Waals surface area contributed by atoms with E-state index < -0.39 is 5.60 Å². The molecule has 2 amide bonds. The highest BCUT2D eigenvalue weighted by Crippen LogP contribution is 2.24. The highest BCUT2D eigenvalue weighted by atomic mass is 16.6. The van der Waals surface area contributed by atoms with Crippen molar-refractivity contribution in [1.29, 1.82) is 0 Å². The summed E-state index contributed by atoms with van der Waals surface area (Å²) in [5, 5.41) is 6.11. The zero-order valence-electron chi connectivity index (χ0n) is 18.2. The Hall–Kier alpha value is -3.02. The summed E-state index contributed by atoms with van der Waals surface area (Å²) in [5.74, 6) is -0.0652. The highest BCUT2D eigenvalue weighted by Gasteiger charge is 2.25. The predicted octanol–water partition coefficient (Wildman–Crippen LogP) is 4.02. The topological polar surface area (TPSA) is 70.7 Å². The van der Waals surface area contributed by atoms with E-state index in [0.29, 0.717) is 19.6 Å². The van der Waals surface area contributed by atoms with Gasteiger partial charge in [0.2, 0.25) is 5.91 Å². The number of amides is 2. The average Bonchev–Trinajstić information content (AvgIpc) is 2.69. The van der Waals surface area contributed by atoms with Crippen LogP contribution in [0.1, 0.15) is 43.0 Å². The number of carbonyl (C=O) groups is 2. The van der Waals surface area contributed by atoms with Crippen molar-refractivity contribution in [3.63, 3.8) is 0 Å². The molecule has 30 heavy (non-hydrogen) atoms. The van der Waals surface area contributed by atoms with Gasteiger partial charge in [-0.1, -0.05) is 35.9 Å². The lowest BCUT2D eigenvalue weighted by Gasteiger charge is -2.31. The van der Waals surface area contributed by atoms with Crippen LogP contribution in [0.2, 0.25) is 0 Å². The van der Waals surface area contributed by atoms with Crippen LogP contribution in [0.15, 0.2) is 42.5 Å². The maximum absolute atomic E-state index is 12.4. The minimum Gasteiger partial charge on any atom is -0.444 e. The first-order chi connectivity index (χ1) is 14.2. The van der Waals surface area contributed by atoms with Crippen LogP contribution in [0.5, 0.6) is 0 Å². The number of fused-ring (bicyclic) bond motifs is 1.